The van der Waals surface area contributed by atoms with Gasteiger partial charge in [0.25, 0.3) is 0 Å². The summed E-state index contributed by atoms with van der Waals surface area (Å²) in [6, 6.07) is 16.7. The monoisotopic (exact) mass is 449 g/mol. The summed E-state index contributed by atoms with van der Waals surface area (Å²) < 4.78 is 7.41. The van der Waals surface area contributed by atoms with E-state index in [2.05, 4.69) is 15.5 Å². The predicted molar refractivity (Wildman–Crippen MR) is 122 cm³/mol. The first-order valence-electron chi connectivity index (χ1n) is 9.47. The van der Waals surface area contributed by atoms with Gasteiger partial charge in [-0.05, 0) is 48.9 Å². The van der Waals surface area contributed by atoms with Crippen molar-refractivity contribution in [3.63, 3.8) is 0 Å². The van der Waals surface area contributed by atoms with E-state index in [1.165, 1.54) is 11.8 Å². The van der Waals surface area contributed by atoms with Crippen LogP contribution in [0.1, 0.15) is 5.56 Å². The SMILES string of the molecule is Cc1ccc(Cl)cc1NC(=O)CSc1nnc2c3ccccc3nc(-c3ccco3)n12. The number of anilines is 1. The summed E-state index contributed by atoms with van der Waals surface area (Å²) in [5.41, 5.74) is 3.07. The normalized spacial score (nSPS) is 11.3. The number of hydrogen-bond acceptors (Lipinski definition) is 6. The number of rotatable bonds is 5. The van der Waals surface area contributed by atoms with Crippen LogP contribution in [0.5, 0.6) is 0 Å². The maximum Gasteiger partial charge on any atom is 0.234 e. The number of carbonyl (C=O) groups is 1. The zero-order valence-electron chi connectivity index (χ0n) is 16.4. The number of hydrogen-bond donors (Lipinski definition) is 1. The van der Waals surface area contributed by atoms with Gasteiger partial charge in [0.05, 0.1) is 17.5 Å². The number of benzene rings is 2. The number of para-hydroxylation sites is 1. The summed E-state index contributed by atoms with van der Waals surface area (Å²) in [6.45, 7) is 1.91. The highest BCUT2D eigenvalue weighted by atomic mass is 35.5. The van der Waals surface area contributed by atoms with Crippen LogP contribution in [0.3, 0.4) is 0 Å². The van der Waals surface area contributed by atoms with E-state index >= 15 is 0 Å². The molecule has 0 radical (unpaired) electrons. The van der Waals surface area contributed by atoms with Crippen LogP contribution >= 0.6 is 23.4 Å². The first-order valence-corrected chi connectivity index (χ1v) is 10.8. The van der Waals surface area contributed by atoms with Gasteiger partial charge in [-0.15, -0.1) is 10.2 Å². The van der Waals surface area contributed by atoms with Gasteiger partial charge in [-0.25, -0.2) is 4.98 Å². The van der Waals surface area contributed by atoms with Crippen molar-refractivity contribution in [2.45, 2.75) is 12.1 Å². The van der Waals surface area contributed by atoms with E-state index in [1.807, 2.05) is 47.7 Å². The maximum atomic E-state index is 12.6. The van der Waals surface area contributed by atoms with Crippen LogP contribution in [-0.4, -0.2) is 31.2 Å². The molecule has 1 N–H and O–H groups in total. The molecule has 5 aromatic rings. The number of halogens is 1. The molecule has 3 aromatic heterocycles. The molecule has 0 bridgehead atoms. The molecule has 7 nitrogen and oxygen atoms in total. The lowest BCUT2D eigenvalue weighted by Gasteiger charge is -2.09. The average Bonchev–Trinajstić information content (AvgIpc) is 3.45. The Morgan fingerprint density at radius 2 is 2.03 bits per heavy atom. The minimum Gasteiger partial charge on any atom is -0.461 e. The second-order valence-electron chi connectivity index (χ2n) is 6.87. The molecule has 3 heterocycles. The van der Waals surface area contributed by atoms with Crippen LogP contribution < -0.4 is 5.32 Å². The van der Waals surface area contributed by atoms with Crippen molar-refractivity contribution in [3.05, 3.63) is 71.4 Å². The highest BCUT2D eigenvalue weighted by molar-refractivity contribution is 7.99. The smallest absolute Gasteiger partial charge is 0.234 e. The Hall–Kier alpha value is -3.36. The maximum absolute atomic E-state index is 12.6. The third-order valence-corrected chi connectivity index (χ3v) is 5.93. The van der Waals surface area contributed by atoms with Crippen LogP contribution in [0.4, 0.5) is 5.69 Å². The molecular weight excluding hydrogens is 434 g/mol. The molecule has 0 unspecified atom stereocenters. The fourth-order valence-corrected chi connectivity index (χ4v) is 4.17. The number of aromatic nitrogens is 4. The van der Waals surface area contributed by atoms with Crippen LogP contribution in [0.2, 0.25) is 5.02 Å². The van der Waals surface area contributed by atoms with Gasteiger partial charge in [0.15, 0.2) is 22.4 Å². The Morgan fingerprint density at radius 1 is 1.16 bits per heavy atom. The summed E-state index contributed by atoms with van der Waals surface area (Å²) in [5.74, 6) is 1.16. The van der Waals surface area contributed by atoms with E-state index in [1.54, 1.807) is 24.5 Å². The van der Waals surface area contributed by atoms with Crippen molar-refractivity contribution in [1.82, 2.24) is 19.6 Å². The number of nitrogens with one attached hydrogen (secondary N) is 1. The zero-order chi connectivity index (χ0) is 21.4. The van der Waals surface area contributed by atoms with Crippen LogP contribution in [-0.2, 0) is 4.79 Å². The zero-order valence-corrected chi connectivity index (χ0v) is 17.9. The molecule has 0 aliphatic rings. The van der Waals surface area contributed by atoms with Gasteiger partial charge < -0.3 is 9.73 Å². The lowest BCUT2D eigenvalue weighted by Crippen LogP contribution is -2.15. The molecule has 2 aromatic carbocycles. The second-order valence-corrected chi connectivity index (χ2v) is 8.25. The highest BCUT2D eigenvalue weighted by Gasteiger charge is 2.19. The van der Waals surface area contributed by atoms with E-state index in [4.69, 9.17) is 21.0 Å². The molecule has 0 spiro atoms. The molecule has 1 amide bonds. The molecule has 0 atom stereocenters. The van der Waals surface area contributed by atoms with Gasteiger partial charge in [-0.2, -0.15) is 0 Å². The van der Waals surface area contributed by atoms with Crippen molar-refractivity contribution in [2.75, 3.05) is 11.1 Å². The highest BCUT2D eigenvalue weighted by Crippen LogP contribution is 2.29. The number of amides is 1. The quantitative estimate of drug-likeness (QED) is 0.370. The van der Waals surface area contributed by atoms with Crippen molar-refractivity contribution < 1.29 is 9.21 Å². The Morgan fingerprint density at radius 3 is 2.87 bits per heavy atom. The van der Waals surface area contributed by atoms with Gasteiger partial charge >= 0.3 is 0 Å². The Bertz CT molecular complexity index is 1410. The van der Waals surface area contributed by atoms with Crippen molar-refractivity contribution in [2.24, 2.45) is 0 Å². The minimum atomic E-state index is -0.166. The summed E-state index contributed by atoms with van der Waals surface area (Å²) in [7, 11) is 0. The number of carbonyl (C=O) groups excluding carboxylic acids is 1. The number of fused-ring (bicyclic) bond motifs is 3. The molecule has 0 aliphatic heterocycles. The third-order valence-electron chi connectivity index (χ3n) is 4.76. The van der Waals surface area contributed by atoms with Gasteiger partial charge in [-0.1, -0.05) is 41.6 Å². The van der Waals surface area contributed by atoms with Gasteiger partial charge in [0.1, 0.15) is 0 Å². The number of furan rings is 1. The summed E-state index contributed by atoms with van der Waals surface area (Å²) in [4.78, 5) is 17.3. The average molecular weight is 450 g/mol. The molecule has 5 rings (SSSR count). The standard InChI is InChI=1S/C22H16ClN5O2S/c1-13-8-9-14(23)11-17(13)24-19(29)12-31-22-27-26-20-15-5-2-3-6-16(15)25-21(28(20)22)18-7-4-10-30-18/h2-11H,12H2,1H3,(H,24,29). The second kappa shape index (κ2) is 8.05. The summed E-state index contributed by atoms with van der Waals surface area (Å²) in [5, 5.41) is 13.6. The fraction of sp³-hybridized carbons (Fsp3) is 0.0909. The van der Waals surface area contributed by atoms with E-state index in [9.17, 15) is 4.79 Å². The lowest BCUT2D eigenvalue weighted by molar-refractivity contribution is -0.113. The van der Waals surface area contributed by atoms with Crippen molar-refractivity contribution >= 4 is 51.5 Å². The first-order chi connectivity index (χ1) is 15.1. The molecule has 0 aliphatic carbocycles. The molecule has 0 fully saturated rings. The molecule has 31 heavy (non-hydrogen) atoms. The lowest BCUT2D eigenvalue weighted by atomic mass is 10.2. The van der Waals surface area contributed by atoms with Gasteiger partial charge in [-0.3, -0.25) is 9.20 Å². The molecule has 9 heteroatoms. The molecule has 0 saturated carbocycles. The predicted octanol–water partition coefficient (Wildman–Crippen LogP) is 5.23. The Kier molecular flexibility index (Phi) is 5.09. The van der Waals surface area contributed by atoms with Crippen LogP contribution in [0.25, 0.3) is 28.1 Å². The first kappa shape index (κ1) is 19.6. The Balaban J connectivity index is 1.48. The Labute approximate surface area is 186 Å². The molecular formula is C22H16ClN5O2S. The molecule has 0 saturated heterocycles. The van der Waals surface area contributed by atoms with E-state index in [-0.39, 0.29) is 11.7 Å². The van der Waals surface area contributed by atoms with Gasteiger partial charge in [0, 0.05) is 16.1 Å². The van der Waals surface area contributed by atoms with Crippen LogP contribution in [0.15, 0.2) is 70.4 Å². The minimum absolute atomic E-state index is 0.150. The topological polar surface area (TPSA) is 85.3 Å². The van der Waals surface area contributed by atoms with E-state index in [0.29, 0.717) is 33.1 Å². The van der Waals surface area contributed by atoms with Crippen molar-refractivity contribution in [3.8, 4) is 11.6 Å². The number of thioether (sulfide) groups is 1. The number of nitrogens with zero attached hydrogens (tertiary/aromatic N) is 4. The van der Waals surface area contributed by atoms with Crippen LogP contribution in [0, 0.1) is 6.92 Å². The van der Waals surface area contributed by atoms with E-state index in [0.717, 1.165) is 16.5 Å². The third kappa shape index (κ3) is 3.75. The molecule has 154 valence electrons. The van der Waals surface area contributed by atoms with E-state index < -0.39 is 0 Å². The summed E-state index contributed by atoms with van der Waals surface area (Å²) in [6.07, 6.45) is 1.59. The number of aryl methyl sites for hydroxylation is 1. The largest absolute Gasteiger partial charge is 0.461 e. The summed E-state index contributed by atoms with van der Waals surface area (Å²) >= 11 is 7.32. The fourth-order valence-electron chi connectivity index (χ4n) is 3.27. The van der Waals surface area contributed by atoms with Crippen molar-refractivity contribution in [1.29, 1.82) is 0 Å². The van der Waals surface area contributed by atoms with Gasteiger partial charge in [0.2, 0.25) is 5.91 Å².